The molecule has 0 bridgehead atoms. The van der Waals surface area contributed by atoms with Crippen molar-refractivity contribution >= 4 is 79.6 Å². The first kappa shape index (κ1) is 35.4. The van der Waals surface area contributed by atoms with E-state index < -0.39 is 0 Å². The molecule has 1 aliphatic heterocycles. The molecule has 0 fully saturated rings. The Morgan fingerprint density at radius 2 is 0.717 bits per heavy atom. The molecule has 0 atom stereocenters. The lowest BCUT2D eigenvalue weighted by molar-refractivity contribution is 0.588. The molecule has 0 radical (unpaired) electrons. The molecule has 0 spiro atoms. The molecule has 12 heteroatoms. The van der Waals surface area contributed by atoms with E-state index in [9.17, 15) is 0 Å². The van der Waals surface area contributed by atoms with E-state index in [-0.39, 0.29) is 0 Å². The van der Waals surface area contributed by atoms with Crippen LogP contribution in [0.3, 0.4) is 0 Å². The average Bonchev–Trinajstić information content (AvgIpc) is 4.17. The van der Waals surface area contributed by atoms with Gasteiger partial charge in [-0.25, -0.2) is 9.97 Å². The molecule has 3 aromatic heterocycles. The molecular formula is C48H30N8O2S2. The lowest BCUT2D eigenvalue weighted by atomic mass is 10.0. The van der Waals surface area contributed by atoms with Crippen LogP contribution in [0, 0.1) is 0 Å². The van der Waals surface area contributed by atoms with Crippen LogP contribution in [-0.2, 0) is 11.4 Å². The third-order valence-corrected chi connectivity index (χ3v) is 11.3. The molecule has 0 unspecified atom stereocenters. The number of anilines is 6. The van der Waals surface area contributed by atoms with Gasteiger partial charge in [0.1, 0.15) is 22.4 Å². The number of oxazole rings is 2. The van der Waals surface area contributed by atoms with Gasteiger partial charge in [0.25, 0.3) is 0 Å². The molecule has 0 saturated carbocycles. The molecule has 4 heterocycles. The highest BCUT2D eigenvalue weighted by Crippen LogP contribution is 2.52. The summed E-state index contributed by atoms with van der Waals surface area (Å²) in [5, 5.41) is 0. The fourth-order valence-electron chi connectivity index (χ4n) is 7.46. The van der Waals surface area contributed by atoms with Crippen molar-refractivity contribution in [3.63, 3.8) is 0 Å². The van der Waals surface area contributed by atoms with E-state index in [0.29, 0.717) is 56.8 Å². The number of rotatable bonds is 10. The van der Waals surface area contributed by atoms with Crippen LogP contribution in [0.1, 0.15) is 0 Å². The van der Waals surface area contributed by atoms with Gasteiger partial charge in [-0.1, -0.05) is 72.8 Å². The van der Waals surface area contributed by atoms with Crippen molar-refractivity contribution in [3.8, 4) is 45.6 Å². The van der Waals surface area contributed by atoms with Gasteiger partial charge in [-0.3, -0.25) is 0 Å². The molecule has 0 saturated heterocycles. The summed E-state index contributed by atoms with van der Waals surface area (Å²) in [6.45, 7) is 0. The van der Waals surface area contributed by atoms with Gasteiger partial charge >= 0.3 is 0 Å². The zero-order valence-corrected chi connectivity index (χ0v) is 33.2. The fourth-order valence-corrected chi connectivity index (χ4v) is 8.58. The Morgan fingerprint density at radius 1 is 0.383 bits per heavy atom. The zero-order valence-electron chi connectivity index (χ0n) is 31.5. The minimum absolute atomic E-state index is 0.374. The molecule has 11 rings (SSSR count). The number of aromatic nitrogens is 4. The Bertz CT molecular complexity index is 2890. The van der Waals surface area contributed by atoms with E-state index in [1.165, 1.54) is 0 Å². The quantitative estimate of drug-likeness (QED) is 0.134. The molecule has 286 valence electrons. The van der Waals surface area contributed by atoms with Crippen LogP contribution < -0.4 is 9.80 Å². The Morgan fingerprint density at radius 3 is 1.07 bits per heavy atom. The third kappa shape index (κ3) is 6.36. The van der Waals surface area contributed by atoms with Crippen LogP contribution in [0.2, 0.25) is 0 Å². The Labute approximate surface area is 351 Å². The van der Waals surface area contributed by atoms with E-state index in [2.05, 4.69) is 82.6 Å². The topological polar surface area (TPSA) is 109 Å². The molecule has 0 aliphatic carbocycles. The lowest BCUT2D eigenvalue weighted by Crippen LogP contribution is -2.09. The molecule has 0 N–H and O–H groups in total. The van der Waals surface area contributed by atoms with Crippen molar-refractivity contribution in [2.75, 3.05) is 9.80 Å². The van der Waals surface area contributed by atoms with Crippen LogP contribution >= 0.6 is 11.7 Å². The van der Waals surface area contributed by atoms with Gasteiger partial charge in [0.15, 0.2) is 11.5 Å². The molecule has 1 aliphatic rings. The summed E-state index contributed by atoms with van der Waals surface area (Å²) in [6, 6.07) is 57.7. The second-order valence-corrected chi connectivity index (χ2v) is 14.9. The van der Waals surface area contributed by atoms with Crippen LogP contribution in [0.5, 0.6) is 0 Å². The van der Waals surface area contributed by atoms with Gasteiger partial charge in [-0.05, 0) is 97.1 Å². The zero-order chi connectivity index (χ0) is 39.8. The SMILES string of the molecule is c1ccc(N(c2ccccc2)c2ccc(-c3cnc(-c4c5c(c(-c6ncc(-c7ccc(N(c8ccccc8)c8ccccc8)cc7)o6)c6nsnc46)N=S=N5)o3)cc2)cc1. The van der Waals surface area contributed by atoms with E-state index in [0.717, 1.165) is 68.3 Å². The van der Waals surface area contributed by atoms with Gasteiger partial charge < -0.3 is 18.6 Å². The van der Waals surface area contributed by atoms with Crippen LogP contribution in [0.4, 0.5) is 45.5 Å². The second kappa shape index (κ2) is 15.2. The van der Waals surface area contributed by atoms with Gasteiger partial charge in [-0.15, -0.1) is 0 Å². The number of benzene rings is 7. The Kier molecular flexibility index (Phi) is 8.95. The number of hydrogen-bond donors (Lipinski definition) is 0. The second-order valence-electron chi connectivity index (χ2n) is 13.8. The Balaban J connectivity index is 0.905. The van der Waals surface area contributed by atoms with Gasteiger partial charge in [0, 0.05) is 45.3 Å². The summed E-state index contributed by atoms with van der Waals surface area (Å²) >= 11 is 2.18. The molecule has 10 aromatic rings. The van der Waals surface area contributed by atoms with Crippen LogP contribution in [0.25, 0.3) is 56.6 Å². The maximum Gasteiger partial charge on any atom is 0.231 e. The first-order chi connectivity index (χ1) is 29.8. The van der Waals surface area contributed by atoms with E-state index in [1.807, 2.05) is 97.1 Å². The molecule has 7 aromatic carbocycles. The van der Waals surface area contributed by atoms with Gasteiger partial charge in [-0.2, -0.15) is 17.5 Å². The molecule has 10 nitrogen and oxygen atoms in total. The summed E-state index contributed by atoms with van der Waals surface area (Å²) < 4.78 is 31.8. The fraction of sp³-hybridized carbons (Fsp3) is 0. The Hall–Kier alpha value is -7.80. The lowest BCUT2D eigenvalue weighted by Gasteiger charge is -2.25. The smallest absolute Gasteiger partial charge is 0.231 e. The molecule has 0 amide bonds. The summed E-state index contributed by atoms with van der Waals surface area (Å²) in [5.41, 5.74) is 11.6. The largest absolute Gasteiger partial charge is 0.436 e. The standard InChI is InChI=1S/C48H30N8O2S2/c1-5-13-33(14-6-1)55(34-15-7-2-8-16-34)37-25-21-31(22-26-37)39-29-49-47(57-39)41-43-45(53-59-51-43)42(46-44(41)52-60-54-46)48-50-30-40(58-48)32-23-27-38(28-24-32)56(35-17-9-3-10-18-35)36-19-11-4-12-20-36/h1-30H. The first-order valence-electron chi connectivity index (χ1n) is 19.1. The van der Waals surface area contributed by atoms with Crippen LogP contribution in [0.15, 0.2) is 200 Å². The summed E-state index contributed by atoms with van der Waals surface area (Å²) in [5.74, 6) is 1.97. The minimum Gasteiger partial charge on any atom is -0.436 e. The van der Waals surface area contributed by atoms with Crippen molar-refractivity contribution in [2.24, 2.45) is 8.73 Å². The predicted octanol–water partition coefficient (Wildman–Crippen LogP) is 14.0. The van der Waals surface area contributed by atoms with Gasteiger partial charge in [0.05, 0.1) is 46.6 Å². The predicted molar refractivity (Wildman–Crippen MR) is 240 cm³/mol. The summed E-state index contributed by atoms with van der Waals surface area (Å²) in [6.07, 6.45) is 3.46. The summed E-state index contributed by atoms with van der Waals surface area (Å²) in [7, 11) is 0. The van der Waals surface area contributed by atoms with Crippen molar-refractivity contribution in [1.29, 1.82) is 0 Å². The monoisotopic (exact) mass is 814 g/mol. The van der Waals surface area contributed by atoms with Gasteiger partial charge in [0.2, 0.25) is 11.8 Å². The average molecular weight is 815 g/mol. The minimum atomic E-state index is 0.374. The van der Waals surface area contributed by atoms with Crippen molar-refractivity contribution in [3.05, 3.63) is 182 Å². The van der Waals surface area contributed by atoms with Crippen LogP contribution in [-0.4, -0.2) is 18.7 Å². The number of fused-ring (bicyclic) bond motifs is 2. The number of nitrogens with zero attached hydrogens (tertiary/aromatic N) is 8. The molecule has 60 heavy (non-hydrogen) atoms. The third-order valence-electron chi connectivity index (χ3n) is 10.2. The number of hydrogen-bond acceptors (Lipinski definition) is 11. The normalized spacial score (nSPS) is 11.7. The van der Waals surface area contributed by atoms with E-state index in [4.69, 9.17) is 36.3 Å². The van der Waals surface area contributed by atoms with Crippen molar-refractivity contribution in [2.45, 2.75) is 0 Å². The van der Waals surface area contributed by atoms with E-state index in [1.54, 1.807) is 12.4 Å². The van der Waals surface area contributed by atoms with Crippen molar-refractivity contribution in [1.82, 2.24) is 18.7 Å². The van der Waals surface area contributed by atoms with E-state index >= 15 is 0 Å². The highest BCUT2D eigenvalue weighted by atomic mass is 32.1. The first-order valence-corrected chi connectivity index (χ1v) is 20.6. The molecular weight excluding hydrogens is 785 g/mol. The maximum absolute atomic E-state index is 6.48. The highest BCUT2D eigenvalue weighted by molar-refractivity contribution is 7.58. The maximum atomic E-state index is 6.48. The van der Waals surface area contributed by atoms with Crippen molar-refractivity contribution < 1.29 is 8.83 Å². The number of para-hydroxylation sites is 4. The summed E-state index contributed by atoms with van der Waals surface area (Å²) in [4.78, 5) is 13.9. The highest BCUT2D eigenvalue weighted by Gasteiger charge is 2.31.